The van der Waals surface area contributed by atoms with Gasteiger partial charge in [0.2, 0.25) is 0 Å². The van der Waals surface area contributed by atoms with Crippen LogP contribution >= 0.6 is 0 Å². The Morgan fingerprint density at radius 2 is 1.83 bits per heavy atom. The number of nitrogens with zero attached hydrogens (tertiary/aromatic N) is 1. The van der Waals surface area contributed by atoms with Crippen molar-refractivity contribution in [2.24, 2.45) is 0 Å². The van der Waals surface area contributed by atoms with Gasteiger partial charge in [-0.05, 0) is 23.8 Å². The molecule has 18 heavy (non-hydrogen) atoms. The molecule has 0 atom stereocenters. The normalized spacial score (nSPS) is 10.8. The Morgan fingerprint density at radius 3 is 2.56 bits per heavy atom. The van der Waals surface area contributed by atoms with Crippen LogP contribution in [0.2, 0.25) is 0 Å². The Hall–Kier alpha value is -2.29. The van der Waals surface area contributed by atoms with Crippen LogP contribution in [-0.2, 0) is 0 Å². The Labute approximate surface area is 105 Å². The third-order valence-electron chi connectivity index (χ3n) is 3.02. The molecule has 0 spiro atoms. The van der Waals surface area contributed by atoms with Crippen molar-refractivity contribution in [3.8, 4) is 11.3 Å². The van der Waals surface area contributed by atoms with E-state index in [0.717, 1.165) is 17.0 Å². The van der Waals surface area contributed by atoms with E-state index in [9.17, 15) is 0 Å². The van der Waals surface area contributed by atoms with Crippen LogP contribution in [-0.4, -0.2) is 12.0 Å². The minimum atomic E-state index is 0.552. The number of aryl methyl sites for hydroxylation is 1. The molecule has 0 saturated carbocycles. The molecule has 1 aromatic heterocycles. The molecule has 1 heterocycles. The van der Waals surface area contributed by atoms with Gasteiger partial charge in [-0.15, -0.1) is 0 Å². The molecule has 3 rings (SSSR count). The highest BCUT2D eigenvalue weighted by Crippen LogP contribution is 2.29. The molecule has 0 amide bonds. The number of hydrogen-bond donors (Lipinski definition) is 1. The lowest BCUT2D eigenvalue weighted by Crippen LogP contribution is -1.85. The van der Waals surface area contributed by atoms with Gasteiger partial charge in [-0.25, -0.2) is 0 Å². The van der Waals surface area contributed by atoms with Crippen molar-refractivity contribution in [2.75, 3.05) is 12.4 Å². The summed E-state index contributed by atoms with van der Waals surface area (Å²) in [5, 5.41) is 5.35. The van der Waals surface area contributed by atoms with Gasteiger partial charge in [0.25, 0.3) is 6.01 Å². The van der Waals surface area contributed by atoms with Crippen LogP contribution in [0.1, 0.15) is 5.69 Å². The fraction of sp³-hybridized carbons (Fsp3) is 0.133. The first kappa shape index (κ1) is 10.8. The van der Waals surface area contributed by atoms with Gasteiger partial charge >= 0.3 is 0 Å². The molecule has 0 aliphatic carbocycles. The molecule has 90 valence electrons. The molecule has 3 aromatic rings. The van der Waals surface area contributed by atoms with Gasteiger partial charge in [0, 0.05) is 12.6 Å². The predicted molar refractivity (Wildman–Crippen MR) is 73.7 cm³/mol. The van der Waals surface area contributed by atoms with Crippen molar-refractivity contribution in [2.45, 2.75) is 6.92 Å². The monoisotopic (exact) mass is 238 g/mol. The quantitative estimate of drug-likeness (QED) is 0.737. The van der Waals surface area contributed by atoms with Crippen molar-refractivity contribution in [3.63, 3.8) is 0 Å². The van der Waals surface area contributed by atoms with Gasteiger partial charge in [0.15, 0.2) is 5.76 Å². The van der Waals surface area contributed by atoms with Crippen LogP contribution in [0, 0.1) is 6.92 Å². The summed E-state index contributed by atoms with van der Waals surface area (Å²) >= 11 is 0. The first-order valence-corrected chi connectivity index (χ1v) is 5.92. The Morgan fingerprint density at radius 1 is 1.06 bits per heavy atom. The first-order chi connectivity index (χ1) is 8.78. The summed E-state index contributed by atoms with van der Waals surface area (Å²) in [6.07, 6.45) is 0. The predicted octanol–water partition coefficient (Wildman–Crippen LogP) is 3.84. The van der Waals surface area contributed by atoms with Gasteiger partial charge in [-0.2, -0.15) is 4.98 Å². The highest BCUT2D eigenvalue weighted by atomic mass is 16.4. The first-order valence-electron chi connectivity index (χ1n) is 5.92. The number of nitrogens with one attached hydrogen (secondary N) is 1. The molecule has 1 N–H and O–H groups in total. The molecule has 0 fully saturated rings. The summed E-state index contributed by atoms with van der Waals surface area (Å²) in [6.45, 7) is 1.95. The zero-order chi connectivity index (χ0) is 12.5. The topological polar surface area (TPSA) is 38.1 Å². The van der Waals surface area contributed by atoms with E-state index in [0.29, 0.717) is 6.01 Å². The SMILES string of the molecule is CNc1nc(C)c(-c2ccc3ccccc3c2)o1. The number of anilines is 1. The molecular formula is C15H14N2O. The summed E-state index contributed by atoms with van der Waals surface area (Å²) in [7, 11) is 1.80. The van der Waals surface area contributed by atoms with Gasteiger partial charge in [0.05, 0.1) is 5.69 Å². The van der Waals surface area contributed by atoms with Crippen LogP contribution in [0.5, 0.6) is 0 Å². The largest absolute Gasteiger partial charge is 0.423 e. The third-order valence-corrected chi connectivity index (χ3v) is 3.02. The van der Waals surface area contributed by atoms with Gasteiger partial charge < -0.3 is 9.73 Å². The minimum absolute atomic E-state index is 0.552. The van der Waals surface area contributed by atoms with E-state index in [1.807, 2.05) is 19.1 Å². The van der Waals surface area contributed by atoms with Crippen molar-refractivity contribution in [1.29, 1.82) is 0 Å². The fourth-order valence-corrected chi connectivity index (χ4v) is 2.10. The second-order valence-corrected chi connectivity index (χ2v) is 4.25. The highest BCUT2D eigenvalue weighted by molar-refractivity contribution is 5.86. The number of rotatable bonds is 2. The maximum atomic E-state index is 5.68. The standard InChI is InChI=1S/C15H14N2O/c1-10-14(18-15(16-2)17-10)13-8-7-11-5-3-4-6-12(11)9-13/h3-9H,1-2H3,(H,16,17). The molecule has 0 aliphatic rings. The molecule has 0 bridgehead atoms. The van der Waals surface area contributed by atoms with E-state index in [2.05, 4.69) is 40.6 Å². The van der Waals surface area contributed by atoms with Crippen LogP contribution in [0.3, 0.4) is 0 Å². The summed E-state index contributed by atoms with van der Waals surface area (Å²) in [4.78, 5) is 4.31. The highest BCUT2D eigenvalue weighted by Gasteiger charge is 2.10. The van der Waals surface area contributed by atoms with E-state index in [4.69, 9.17) is 4.42 Å². The van der Waals surface area contributed by atoms with Gasteiger partial charge in [-0.3, -0.25) is 0 Å². The molecule has 0 aliphatic heterocycles. The van der Waals surface area contributed by atoms with Crippen LogP contribution in [0.15, 0.2) is 46.9 Å². The van der Waals surface area contributed by atoms with Crippen molar-refractivity contribution < 1.29 is 4.42 Å². The van der Waals surface area contributed by atoms with Gasteiger partial charge in [-0.1, -0.05) is 36.4 Å². The van der Waals surface area contributed by atoms with Crippen LogP contribution < -0.4 is 5.32 Å². The maximum absolute atomic E-state index is 5.68. The second-order valence-electron chi connectivity index (χ2n) is 4.25. The fourth-order valence-electron chi connectivity index (χ4n) is 2.10. The summed E-state index contributed by atoms with van der Waals surface area (Å²) < 4.78 is 5.68. The molecule has 2 aromatic carbocycles. The molecule has 0 saturated heterocycles. The zero-order valence-electron chi connectivity index (χ0n) is 10.4. The van der Waals surface area contributed by atoms with Gasteiger partial charge in [0.1, 0.15) is 0 Å². The van der Waals surface area contributed by atoms with E-state index in [1.54, 1.807) is 7.05 Å². The number of fused-ring (bicyclic) bond motifs is 1. The smallest absolute Gasteiger partial charge is 0.295 e. The number of oxazole rings is 1. The average Bonchev–Trinajstić information content (AvgIpc) is 2.79. The van der Waals surface area contributed by atoms with Crippen LogP contribution in [0.4, 0.5) is 6.01 Å². The van der Waals surface area contributed by atoms with E-state index in [1.165, 1.54) is 10.8 Å². The van der Waals surface area contributed by atoms with E-state index < -0.39 is 0 Å². The summed E-state index contributed by atoms with van der Waals surface area (Å²) in [6, 6.07) is 15.1. The number of benzene rings is 2. The number of hydrogen-bond acceptors (Lipinski definition) is 3. The molecule has 0 radical (unpaired) electrons. The zero-order valence-corrected chi connectivity index (χ0v) is 10.4. The van der Waals surface area contributed by atoms with E-state index in [-0.39, 0.29) is 0 Å². The lowest BCUT2D eigenvalue weighted by molar-refractivity contribution is 0.589. The second kappa shape index (κ2) is 4.18. The molecule has 3 heteroatoms. The van der Waals surface area contributed by atoms with Crippen molar-refractivity contribution in [1.82, 2.24) is 4.98 Å². The van der Waals surface area contributed by atoms with Crippen LogP contribution in [0.25, 0.3) is 22.1 Å². The Balaban J connectivity index is 2.15. The average molecular weight is 238 g/mol. The summed E-state index contributed by atoms with van der Waals surface area (Å²) in [5.41, 5.74) is 1.95. The Kier molecular flexibility index (Phi) is 2.52. The van der Waals surface area contributed by atoms with Crippen molar-refractivity contribution >= 4 is 16.8 Å². The lowest BCUT2D eigenvalue weighted by Gasteiger charge is -2.01. The molecule has 3 nitrogen and oxygen atoms in total. The van der Waals surface area contributed by atoms with Crippen molar-refractivity contribution in [3.05, 3.63) is 48.2 Å². The maximum Gasteiger partial charge on any atom is 0.295 e. The Bertz CT molecular complexity index is 701. The molecular weight excluding hydrogens is 224 g/mol. The van der Waals surface area contributed by atoms with E-state index >= 15 is 0 Å². The molecule has 0 unspecified atom stereocenters. The number of aromatic nitrogens is 1. The third kappa shape index (κ3) is 1.74. The minimum Gasteiger partial charge on any atom is -0.423 e. The summed E-state index contributed by atoms with van der Waals surface area (Å²) in [5.74, 6) is 0.824. The lowest BCUT2D eigenvalue weighted by atomic mass is 10.1.